The molecule has 39 heavy (non-hydrogen) atoms. The normalized spacial score (nSPS) is 26.3. The maximum Gasteiger partial charge on any atom is 0.266 e. The molecule has 208 valence electrons. The lowest BCUT2D eigenvalue weighted by Gasteiger charge is -2.30. The molecule has 4 fully saturated rings. The number of benzene rings is 1. The highest BCUT2D eigenvalue weighted by Crippen LogP contribution is 2.49. The van der Waals surface area contributed by atoms with Crippen LogP contribution >= 0.6 is 24.0 Å². The molecule has 2 aromatic rings. The van der Waals surface area contributed by atoms with Crippen LogP contribution in [0, 0.1) is 11.8 Å². The van der Waals surface area contributed by atoms with Crippen LogP contribution in [0.1, 0.15) is 43.4 Å². The van der Waals surface area contributed by atoms with Gasteiger partial charge in [0.15, 0.2) is 0 Å². The molecular weight excluding hydrogens is 532 g/mol. The number of methoxy groups -OCH3 is 2. The van der Waals surface area contributed by atoms with Gasteiger partial charge in [-0.1, -0.05) is 30.4 Å². The van der Waals surface area contributed by atoms with Gasteiger partial charge in [0, 0.05) is 36.8 Å². The second-order valence-electron chi connectivity index (χ2n) is 11.0. The Morgan fingerprint density at radius 1 is 1.08 bits per heavy atom. The van der Waals surface area contributed by atoms with Gasteiger partial charge in [-0.15, -0.1) is 0 Å². The first-order chi connectivity index (χ1) is 19.0. The van der Waals surface area contributed by atoms with E-state index in [1.54, 1.807) is 14.2 Å². The number of nitrogens with zero attached hydrogens (tertiary/aromatic N) is 2. The van der Waals surface area contributed by atoms with E-state index in [0.29, 0.717) is 26.6 Å². The number of morpholine rings is 1. The number of furan rings is 1. The first-order valence-electron chi connectivity index (χ1n) is 14.0. The summed E-state index contributed by atoms with van der Waals surface area (Å²) in [5.41, 5.74) is 1.96. The minimum Gasteiger partial charge on any atom is -0.497 e. The van der Waals surface area contributed by atoms with E-state index in [-0.39, 0.29) is 11.9 Å². The Bertz CT molecular complexity index is 1250. The van der Waals surface area contributed by atoms with Gasteiger partial charge in [0.2, 0.25) is 0 Å². The van der Waals surface area contributed by atoms with E-state index in [9.17, 15) is 4.79 Å². The molecule has 6 rings (SSSR count). The molecule has 9 heteroatoms. The topological polar surface area (TPSA) is 64.4 Å². The van der Waals surface area contributed by atoms with Gasteiger partial charge < -0.3 is 18.6 Å². The minimum atomic E-state index is 0.0304. The van der Waals surface area contributed by atoms with Crippen molar-refractivity contribution in [3.05, 3.63) is 40.5 Å². The fraction of sp³-hybridized carbons (Fsp3) is 0.533. The van der Waals surface area contributed by atoms with Crippen molar-refractivity contribution < 1.29 is 23.4 Å². The van der Waals surface area contributed by atoms with Crippen molar-refractivity contribution in [2.24, 2.45) is 11.8 Å². The molecule has 2 saturated heterocycles. The lowest BCUT2D eigenvalue weighted by Crippen LogP contribution is -2.41. The zero-order valence-electron chi connectivity index (χ0n) is 22.6. The Balaban J connectivity index is 1.27. The second-order valence-corrected chi connectivity index (χ2v) is 12.6. The van der Waals surface area contributed by atoms with Gasteiger partial charge in [0.05, 0.1) is 32.3 Å². The molecule has 2 saturated carbocycles. The van der Waals surface area contributed by atoms with Crippen LogP contribution in [0.5, 0.6) is 11.5 Å². The average Bonchev–Trinajstić information content (AvgIpc) is 3.74. The monoisotopic (exact) mass is 568 g/mol. The summed E-state index contributed by atoms with van der Waals surface area (Å²) in [6.07, 6.45) is 8.58. The highest BCUT2D eigenvalue weighted by Gasteiger charge is 2.48. The van der Waals surface area contributed by atoms with Crippen LogP contribution in [-0.4, -0.2) is 73.1 Å². The molecule has 3 heterocycles. The van der Waals surface area contributed by atoms with Gasteiger partial charge in [-0.05, 0) is 74.2 Å². The molecule has 0 spiro atoms. The van der Waals surface area contributed by atoms with Crippen LogP contribution in [0.2, 0.25) is 0 Å². The summed E-state index contributed by atoms with van der Waals surface area (Å²) in [6, 6.07) is 8.08. The van der Waals surface area contributed by atoms with Gasteiger partial charge in [-0.25, -0.2) is 0 Å². The Morgan fingerprint density at radius 3 is 2.51 bits per heavy atom. The van der Waals surface area contributed by atoms with Gasteiger partial charge in [0.1, 0.15) is 27.3 Å². The summed E-state index contributed by atoms with van der Waals surface area (Å²) >= 11 is 7.14. The van der Waals surface area contributed by atoms with E-state index in [1.165, 1.54) is 31.0 Å². The standard InChI is InChI=1S/C30H36N2O5S2/c1-34-23-14-22(15-24(17-23)35-2)26-16-21(4-3-7-31-8-10-36-11-9-31)27(37-26)18-28-29(33)32(30(38)39-28)25-13-19-5-6-20(25)12-19/h14-20,25H,3-13H2,1-2H3. The minimum absolute atomic E-state index is 0.0304. The molecule has 1 aromatic carbocycles. The van der Waals surface area contributed by atoms with E-state index >= 15 is 0 Å². The summed E-state index contributed by atoms with van der Waals surface area (Å²) in [6.45, 7) is 4.53. The molecule has 7 nitrogen and oxygen atoms in total. The van der Waals surface area contributed by atoms with Crippen molar-refractivity contribution in [3.63, 3.8) is 0 Å². The first kappa shape index (κ1) is 26.9. The summed E-state index contributed by atoms with van der Waals surface area (Å²) in [4.78, 5) is 18.6. The zero-order valence-corrected chi connectivity index (χ0v) is 24.3. The Labute approximate surface area is 239 Å². The van der Waals surface area contributed by atoms with E-state index in [1.807, 2.05) is 29.2 Å². The van der Waals surface area contributed by atoms with E-state index in [2.05, 4.69) is 11.0 Å². The van der Waals surface area contributed by atoms with Gasteiger partial charge in [0.25, 0.3) is 5.91 Å². The number of fused-ring (bicyclic) bond motifs is 2. The molecule has 1 amide bonds. The number of thioether (sulfide) groups is 1. The van der Waals surface area contributed by atoms with Gasteiger partial charge in [-0.3, -0.25) is 14.6 Å². The Morgan fingerprint density at radius 2 is 1.85 bits per heavy atom. The third-order valence-corrected chi connectivity index (χ3v) is 9.95. The lowest BCUT2D eigenvalue weighted by atomic mass is 9.94. The van der Waals surface area contributed by atoms with Crippen LogP contribution in [-0.2, 0) is 16.0 Å². The molecule has 1 aromatic heterocycles. The van der Waals surface area contributed by atoms with Crippen molar-refractivity contribution in [1.82, 2.24) is 9.80 Å². The maximum absolute atomic E-state index is 13.6. The second kappa shape index (κ2) is 11.6. The highest BCUT2D eigenvalue weighted by atomic mass is 32.2. The summed E-state index contributed by atoms with van der Waals surface area (Å²) in [5.74, 6) is 4.21. The zero-order chi connectivity index (χ0) is 26.9. The Hall–Kier alpha value is -2.33. The number of carbonyl (C=O) groups excluding carboxylic acids is 1. The van der Waals surface area contributed by atoms with Crippen molar-refractivity contribution in [2.45, 2.75) is 44.6 Å². The molecule has 2 bridgehead atoms. The molecule has 0 N–H and O–H groups in total. The predicted octanol–water partition coefficient (Wildman–Crippen LogP) is 5.62. The van der Waals surface area contributed by atoms with E-state index < -0.39 is 0 Å². The molecule has 3 atom stereocenters. The summed E-state index contributed by atoms with van der Waals surface area (Å²) in [5, 5.41) is 0. The number of thiocarbonyl (C=S) groups is 1. The quantitative estimate of drug-likeness (QED) is 0.285. The molecular formula is C30H36N2O5S2. The number of hydrogen-bond acceptors (Lipinski definition) is 8. The van der Waals surface area contributed by atoms with Crippen molar-refractivity contribution >= 4 is 40.3 Å². The van der Waals surface area contributed by atoms with Gasteiger partial charge >= 0.3 is 0 Å². The smallest absolute Gasteiger partial charge is 0.266 e. The highest BCUT2D eigenvalue weighted by molar-refractivity contribution is 8.26. The van der Waals surface area contributed by atoms with E-state index in [4.69, 9.17) is 30.8 Å². The van der Waals surface area contributed by atoms with Crippen LogP contribution in [0.25, 0.3) is 17.4 Å². The van der Waals surface area contributed by atoms with E-state index in [0.717, 1.165) is 80.7 Å². The average molecular weight is 569 g/mol. The lowest BCUT2D eigenvalue weighted by molar-refractivity contribution is -0.124. The van der Waals surface area contributed by atoms with Crippen LogP contribution in [0.15, 0.2) is 33.6 Å². The third kappa shape index (κ3) is 5.64. The maximum atomic E-state index is 13.6. The molecule has 3 unspecified atom stereocenters. The van der Waals surface area contributed by atoms with Crippen molar-refractivity contribution in [2.75, 3.05) is 47.1 Å². The number of amides is 1. The largest absolute Gasteiger partial charge is 0.497 e. The summed E-state index contributed by atoms with van der Waals surface area (Å²) < 4.78 is 23.6. The molecule has 2 aliphatic heterocycles. The van der Waals surface area contributed by atoms with Crippen molar-refractivity contribution in [1.29, 1.82) is 0 Å². The van der Waals surface area contributed by atoms with Crippen LogP contribution in [0.4, 0.5) is 0 Å². The number of hydrogen-bond donors (Lipinski definition) is 0. The number of ether oxygens (including phenoxy) is 3. The fourth-order valence-electron chi connectivity index (χ4n) is 6.58. The predicted molar refractivity (Wildman–Crippen MR) is 157 cm³/mol. The van der Waals surface area contributed by atoms with Crippen LogP contribution < -0.4 is 9.47 Å². The third-order valence-electron chi connectivity index (χ3n) is 8.62. The molecule has 4 aliphatic rings. The van der Waals surface area contributed by atoms with Gasteiger partial charge in [-0.2, -0.15) is 0 Å². The first-order valence-corrected chi connectivity index (χ1v) is 15.2. The number of rotatable bonds is 9. The number of aryl methyl sites for hydroxylation is 1. The fourth-order valence-corrected chi connectivity index (χ4v) is 7.93. The Kier molecular flexibility index (Phi) is 8.03. The van der Waals surface area contributed by atoms with Crippen molar-refractivity contribution in [3.8, 4) is 22.8 Å². The SMILES string of the molecule is COc1cc(OC)cc(-c2cc(CCCN3CCOCC3)c(C=C3SC(=S)N(C4CC5CCC4C5)C3=O)o2)c1. The van der Waals surface area contributed by atoms with Crippen LogP contribution in [0.3, 0.4) is 0 Å². The molecule has 0 radical (unpaired) electrons. The molecule has 2 aliphatic carbocycles. The number of carbonyl (C=O) groups is 1. The summed E-state index contributed by atoms with van der Waals surface area (Å²) in [7, 11) is 3.28.